The molecule has 22 heavy (non-hydrogen) atoms. The first-order valence-electron chi connectivity index (χ1n) is 7.59. The van der Waals surface area contributed by atoms with Crippen LogP contribution in [0.1, 0.15) is 17.2 Å². The highest BCUT2D eigenvalue weighted by Crippen LogP contribution is 2.25. The van der Waals surface area contributed by atoms with Gasteiger partial charge in [0.15, 0.2) is 8.32 Å². The second kappa shape index (κ2) is 8.37. The first kappa shape index (κ1) is 17.1. The van der Waals surface area contributed by atoms with Gasteiger partial charge in [-0.15, -0.1) is 11.8 Å². The smallest absolute Gasteiger partial charge is 0.185 e. The lowest BCUT2D eigenvalue weighted by Gasteiger charge is -2.24. The van der Waals surface area contributed by atoms with Crippen molar-refractivity contribution in [1.82, 2.24) is 0 Å². The molecule has 0 radical (unpaired) electrons. The Morgan fingerprint density at radius 1 is 0.955 bits per heavy atom. The molecule has 0 aromatic heterocycles. The van der Waals surface area contributed by atoms with Crippen molar-refractivity contribution >= 4 is 20.1 Å². The van der Waals surface area contributed by atoms with E-state index in [1.165, 1.54) is 11.1 Å². The van der Waals surface area contributed by atoms with Gasteiger partial charge in [0.25, 0.3) is 0 Å². The monoisotopic (exact) mass is 328 g/mol. The van der Waals surface area contributed by atoms with E-state index in [0.29, 0.717) is 0 Å². The Hall–Kier alpha value is -1.29. The maximum atomic E-state index is 6.31. The molecule has 0 spiro atoms. The molecule has 0 aliphatic rings. The maximum absolute atomic E-state index is 6.31. The summed E-state index contributed by atoms with van der Waals surface area (Å²) in [5.41, 5.74) is 2.57. The summed E-state index contributed by atoms with van der Waals surface area (Å²) in [4.78, 5) is 0. The van der Waals surface area contributed by atoms with E-state index < -0.39 is 8.32 Å². The minimum Gasteiger partial charge on any atom is -0.407 e. The first-order valence-corrected chi connectivity index (χ1v) is 12.1. The molecule has 1 atom stereocenters. The van der Waals surface area contributed by atoms with E-state index in [4.69, 9.17) is 4.43 Å². The molecular formula is C19H24OSSi. The lowest BCUT2D eigenvalue weighted by Crippen LogP contribution is -2.27. The highest BCUT2D eigenvalue weighted by molar-refractivity contribution is 8.01. The molecular weight excluding hydrogens is 304 g/mol. The summed E-state index contributed by atoms with van der Waals surface area (Å²) >= 11 is 1.81. The molecule has 0 aliphatic heterocycles. The van der Waals surface area contributed by atoms with Crippen LogP contribution in [0.2, 0.25) is 19.6 Å². The third kappa shape index (κ3) is 6.22. The lowest BCUT2D eigenvalue weighted by molar-refractivity contribution is 0.248. The Morgan fingerprint density at radius 2 is 1.55 bits per heavy atom. The fourth-order valence-electron chi connectivity index (χ4n) is 2.09. The van der Waals surface area contributed by atoms with Crippen LogP contribution >= 0.6 is 11.8 Å². The van der Waals surface area contributed by atoms with Crippen molar-refractivity contribution in [2.24, 2.45) is 0 Å². The zero-order chi connectivity index (χ0) is 15.8. The Bertz CT molecular complexity index is 575. The second-order valence-electron chi connectivity index (χ2n) is 6.19. The Labute approximate surface area is 139 Å². The van der Waals surface area contributed by atoms with Crippen molar-refractivity contribution in [1.29, 1.82) is 0 Å². The number of hydrogen-bond donors (Lipinski definition) is 0. The third-order valence-corrected chi connectivity index (χ3v) is 4.86. The van der Waals surface area contributed by atoms with Crippen LogP contribution in [-0.2, 0) is 10.2 Å². The van der Waals surface area contributed by atoms with Gasteiger partial charge < -0.3 is 4.43 Å². The quantitative estimate of drug-likeness (QED) is 0.574. The van der Waals surface area contributed by atoms with E-state index in [9.17, 15) is 0 Å². The van der Waals surface area contributed by atoms with E-state index >= 15 is 0 Å². The minimum atomic E-state index is -1.59. The SMILES string of the molecule is C[Si](C)(C)OC(/C=C/SCc1ccccc1)c1ccccc1. The molecule has 2 aromatic carbocycles. The van der Waals surface area contributed by atoms with Gasteiger partial charge in [-0.1, -0.05) is 60.7 Å². The Balaban J connectivity index is 1.98. The van der Waals surface area contributed by atoms with Crippen molar-refractivity contribution in [3.63, 3.8) is 0 Å². The molecule has 3 heteroatoms. The molecule has 1 nitrogen and oxygen atoms in total. The standard InChI is InChI=1S/C19H24OSSi/c1-22(2,3)20-19(18-12-8-5-9-13-18)14-15-21-16-17-10-6-4-7-11-17/h4-15,19H,16H2,1-3H3/b15-14+. The molecule has 0 heterocycles. The zero-order valence-electron chi connectivity index (χ0n) is 13.5. The average Bonchev–Trinajstić information content (AvgIpc) is 2.51. The number of thioether (sulfide) groups is 1. The van der Waals surface area contributed by atoms with Crippen molar-refractivity contribution in [3.05, 3.63) is 83.3 Å². The molecule has 0 bridgehead atoms. The van der Waals surface area contributed by atoms with Gasteiger partial charge in [-0.25, -0.2) is 0 Å². The van der Waals surface area contributed by atoms with Crippen molar-refractivity contribution in [2.75, 3.05) is 0 Å². The first-order chi connectivity index (χ1) is 10.5. The largest absolute Gasteiger partial charge is 0.407 e. The minimum absolute atomic E-state index is 0.0520. The van der Waals surface area contributed by atoms with Crippen LogP contribution in [0.25, 0.3) is 0 Å². The lowest BCUT2D eigenvalue weighted by atomic mass is 10.1. The highest BCUT2D eigenvalue weighted by atomic mass is 32.2. The van der Waals surface area contributed by atoms with E-state index in [1.54, 1.807) is 0 Å². The fraction of sp³-hybridized carbons (Fsp3) is 0.263. The highest BCUT2D eigenvalue weighted by Gasteiger charge is 2.20. The van der Waals surface area contributed by atoms with Gasteiger partial charge >= 0.3 is 0 Å². The van der Waals surface area contributed by atoms with Gasteiger partial charge in [-0.2, -0.15) is 0 Å². The summed E-state index contributed by atoms with van der Waals surface area (Å²) in [5.74, 6) is 0.992. The van der Waals surface area contributed by atoms with Crippen LogP contribution < -0.4 is 0 Å². The van der Waals surface area contributed by atoms with Crippen LogP contribution in [0, 0.1) is 0 Å². The Morgan fingerprint density at radius 3 is 2.14 bits per heavy atom. The Kier molecular flexibility index (Phi) is 6.49. The van der Waals surface area contributed by atoms with Crippen LogP contribution in [-0.4, -0.2) is 8.32 Å². The van der Waals surface area contributed by atoms with Gasteiger partial charge in [0.1, 0.15) is 0 Å². The van der Waals surface area contributed by atoms with Gasteiger partial charge in [0.2, 0.25) is 0 Å². The summed E-state index contributed by atoms with van der Waals surface area (Å²) in [6.45, 7) is 6.69. The summed E-state index contributed by atoms with van der Waals surface area (Å²) in [6.07, 6.45) is 2.23. The molecule has 116 valence electrons. The zero-order valence-corrected chi connectivity index (χ0v) is 15.3. The van der Waals surface area contributed by atoms with Crippen molar-refractivity contribution < 1.29 is 4.43 Å². The molecule has 0 aliphatic carbocycles. The van der Waals surface area contributed by atoms with Crippen LogP contribution in [0.3, 0.4) is 0 Å². The van der Waals surface area contributed by atoms with E-state index in [2.05, 4.69) is 85.7 Å². The summed E-state index contributed by atoms with van der Waals surface area (Å²) < 4.78 is 6.31. The van der Waals surface area contributed by atoms with Gasteiger partial charge in [-0.3, -0.25) is 0 Å². The number of benzene rings is 2. The predicted octanol–water partition coefficient (Wildman–Crippen LogP) is 6.03. The molecule has 0 amide bonds. The molecule has 0 N–H and O–H groups in total. The fourth-order valence-corrected chi connectivity index (χ4v) is 3.80. The topological polar surface area (TPSA) is 9.23 Å². The van der Waals surface area contributed by atoms with E-state index in [1.807, 2.05) is 17.8 Å². The second-order valence-corrected chi connectivity index (χ2v) is 11.5. The third-order valence-electron chi connectivity index (χ3n) is 3.05. The summed E-state index contributed by atoms with van der Waals surface area (Å²) in [7, 11) is -1.59. The van der Waals surface area contributed by atoms with Crippen molar-refractivity contribution in [2.45, 2.75) is 31.5 Å². The van der Waals surface area contributed by atoms with E-state index in [-0.39, 0.29) is 6.10 Å². The van der Waals surface area contributed by atoms with Crippen LogP contribution in [0.5, 0.6) is 0 Å². The number of hydrogen-bond acceptors (Lipinski definition) is 2. The molecule has 2 aromatic rings. The predicted molar refractivity (Wildman–Crippen MR) is 100 cm³/mol. The van der Waals surface area contributed by atoms with Crippen LogP contribution in [0.15, 0.2) is 72.1 Å². The van der Waals surface area contributed by atoms with Crippen LogP contribution in [0.4, 0.5) is 0 Å². The van der Waals surface area contributed by atoms with Crippen molar-refractivity contribution in [3.8, 4) is 0 Å². The average molecular weight is 329 g/mol. The normalized spacial score (nSPS) is 13.4. The van der Waals surface area contributed by atoms with Gasteiger partial charge in [0, 0.05) is 5.75 Å². The van der Waals surface area contributed by atoms with E-state index in [0.717, 1.165) is 5.75 Å². The molecule has 0 saturated carbocycles. The van der Waals surface area contributed by atoms with Gasteiger partial charge in [0.05, 0.1) is 6.10 Å². The molecule has 1 unspecified atom stereocenters. The molecule has 0 fully saturated rings. The summed E-state index contributed by atoms with van der Waals surface area (Å²) in [6, 6.07) is 21.0. The summed E-state index contributed by atoms with van der Waals surface area (Å²) in [5, 5.41) is 2.17. The van der Waals surface area contributed by atoms with Gasteiger partial charge in [-0.05, 0) is 42.3 Å². The molecule has 2 rings (SSSR count). The maximum Gasteiger partial charge on any atom is 0.185 e. The molecule has 0 saturated heterocycles. The number of rotatable bonds is 7.